The minimum absolute atomic E-state index is 0.0646. The van der Waals surface area contributed by atoms with E-state index in [1.54, 1.807) is 31.4 Å². The van der Waals surface area contributed by atoms with Crippen LogP contribution in [-0.2, 0) is 0 Å². The van der Waals surface area contributed by atoms with Crippen molar-refractivity contribution in [3.63, 3.8) is 0 Å². The highest BCUT2D eigenvalue weighted by molar-refractivity contribution is 6.30. The summed E-state index contributed by atoms with van der Waals surface area (Å²) in [6, 6.07) is 18.7. The Morgan fingerprint density at radius 3 is 2.66 bits per heavy atom. The third-order valence-corrected chi connectivity index (χ3v) is 4.77. The Hall–Kier alpha value is -3.44. The van der Waals surface area contributed by atoms with Crippen LogP contribution in [0.5, 0.6) is 5.75 Å². The SMILES string of the molecule is COc1cccc(/C=C/c2nc3ccccc3c(=O)n2-c2ccc(F)c(Cl)c2)c1. The molecule has 0 aliphatic rings. The molecule has 0 aliphatic carbocycles. The molecule has 0 N–H and O–H groups in total. The molecule has 0 fully saturated rings. The number of hydrogen-bond acceptors (Lipinski definition) is 3. The summed E-state index contributed by atoms with van der Waals surface area (Å²) in [5.74, 6) is 0.575. The third-order valence-electron chi connectivity index (χ3n) is 4.48. The zero-order valence-corrected chi connectivity index (χ0v) is 16.2. The second kappa shape index (κ2) is 7.89. The first kappa shape index (κ1) is 18.9. The summed E-state index contributed by atoms with van der Waals surface area (Å²) >= 11 is 5.95. The van der Waals surface area contributed by atoms with Gasteiger partial charge in [0.05, 0.1) is 28.7 Å². The molecular weight excluding hydrogens is 391 g/mol. The van der Waals surface area contributed by atoms with Gasteiger partial charge in [0.2, 0.25) is 0 Å². The van der Waals surface area contributed by atoms with Crippen molar-refractivity contribution >= 4 is 34.7 Å². The van der Waals surface area contributed by atoms with E-state index in [0.29, 0.717) is 22.4 Å². The number of rotatable bonds is 4. The summed E-state index contributed by atoms with van der Waals surface area (Å²) in [5, 5.41) is 0.400. The number of fused-ring (bicyclic) bond motifs is 1. The van der Waals surface area contributed by atoms with Gasteiger partial charge in [-0.25, -0.2) is 9.37 Å². The normalized spacial score (nSPS) is 11.3. The predicted octanol–water partition coefficient (Wildman–Crippen LogP) is 5.36. The average Bonchev–Trinajstić information content (AvgIpc) is 2.74. The van der Waals surface area contributed by atoms with Gasteiger partial charge in [-0.05, 0) is 54.1 Å². The first-order chi connectivity index (χ1) is 14.1. The fourth-order valence-electron chi connectivity index (χ4n) is 3.05. The van der Waals surface area contributed by atoms with Gasteiger partial charge in [0.25, 0.3) is 5.56 Å². The number of halogens is 2. The van der Waals surface area contributed by atoms with Gasteiger partial charge >= 0.3 is 0 Å². The average molecular weight is 407 g/mol. The molecule has 0 spiro atoms. The molecule has 0 radical (unpaired) electrons. The maximum atomic E-state index is 13.6. The van der Waals surface area contributed by atoms with Gasteiger partial charge in [-0.3, -0.25) is 9.36 Å². The Bertz CT molecular complexity index is 1300. The fraction of sp³-hybridized carbons (Fsp3) is 0.0435. The van der Waals surface area contributed by atoms with Gasteiger partial charge in [-0.1, -0.05) is 41.9 Å². The van der Waals surface area contributed by atoms with Crippen LogP contribution < -0.4 is 10.3 Å². The molecule has 0 unspecified atom stereocenters. The van der Waals surface area contributed by atoms with Crippen LogP contribution in [0.15, 0.2) is 71.5 Å². The number of ether oxygens (including phenoxy) is 1. The van der Waals surface area contributed by atoms with Gasteiger partial charge in [-0.15, -0.1) is 0 Å². The van der Waals surface area contributed by atoms with E-state index in [-0.39, 0.29) is 10.6 Å². The second-order valence-corrected chi connectivity index (χ2v) is 6.74. The van der Waals surface area contributed by atoms with Crippen molar-refractivity contribution in [3.05, 3.63) is 99.3 Å². The Kier molecular flexibility index (Phi) is 5.14. The lowest BCUT2D eigenvalue weighted by molar-refractivity contribution is 0.414. The first-order valence-corrected chi connectivity index (χ1v) is 9.24. The second-order valence-electron chi connectivity index (χ2n) is 6.34. The van der Waals surface area contributed by atoms with Crippen molar-refractivity contribution < 1.29 is 9.13 Å². The molecule has 144 valence electrons. The highest BCUT2D eigenvalue weighted by Gasteiger charge is 2.12. The molecule has 0 saturated carbocycles. The van der Waals surface area contributed by atoms with Crippen molar-refractivity contribution in [2.24, 2.45) is 0 Å². The van der Waals surface area contributed by atoms with Crippen LogP contribution in [-0.4, -0.2) is 16.7 Å². The molecule has 1 heterocycles. The predicted molar refractivity (Wildman–Crippen MR) is 114 cm³/mol. The molecule has 3 aromatic carbocycles. The fourth-order valence-corrected chi connectivity index (χ4v) is 3.23. The summed E-state index contributed by atoms with van der Waals surface area (Å²) in [6.07, 6.45) is 3.57. The number of aromatic nitrogens is 2. The topological polar surface area (TPSA) is 44.1 Å². The van der Waals surface area contributed by atoms with Crippen LogP contribution >= 0.6 is 11.6 Å². The van der Waals surface area contributed by atoms with E-state index >= 15 is 0 Å². The molecular formula is C23H16ClFN2O2. The van der Waals surface area contributed by atoms with Gasteiger partial charge in [-0.2, -0.15) is 0 Å². The summed E-state index contributed by atoms with van der Waals surface area (Å²) in [4.78, 5) is 17.8. The van der Waals surface area contributed by atoms with Crippen LogP contribution in [0.25, 0.3) is 28.7 Å². The molecule has 29 heavy (non-hydrogen) atoms. The zero-order valence-electron chi connectivity index (χ0n) is 15.5. The summed E-state index contributed by atoms with van der Waals surface area (Å²) in [7, 11) is 1.60. The minimum atomic E-state index is -0.550. The van der Waals surface area contributed by atoms with E-state index in [1.165, 1.54) is 22.8 Å². The maximum absolute atomic E-state index is 13.6. The molecule has 0 bridgehead atoms. The van der Waals surface area contributed by atoms with Crippen LogP contribution in [0.1, 0.15) is 11.4 Å². The van der Waals surface area contributed by atoms with Gasteiger partial charge in [0.1, 0.15) is 17.4 Å². The van der Waals surface area contributed by atoms with Crippen LogP contribution in [0.3, 0.4) is 0 Å². The summed E-state index contributed by atoms with van der Waals surface area (Å²) < 4.78 is 20.3. The number of nitrogens with zero attached hydrogens (tertiary/aromatic N) is 2. The molecule has 0 atom stereocenters. The van der Waals surface area contributed by atoms with Gasteiger partial charge < -0.3 is 4.74 Å². The molecule has 1 aromatic heterocycles. The highest BCUT2D eigenvalue weighted by Crippen LogP contribution is 2.21. The lowest BCUT2D eigenvalue weighted by atomic mass is 10.2. The molecule has 6 heteroatoms. The lowest BCUT2D eigenvalue weighted by Crippen LogP contribution is -2.22. The lowest BCUT2D eigenvalue weighted by Gasteiger charge is -2.12. The van der Waals surface area contributed by atoms with E-state index in [0.717, 1.165) is 11.3 Å². The van der Waals surface area contributed by atoms with E-state index in [1.807, 2.05) is 36.4 Å². The van der Waals surface area contributed by atoms with Crippen molar-refractivity contribution in [1.82, 2.24) is 9.55 Å². The van der Waals surface area contributed by atoms with Crippen molar-refractivity contribution in [2.45, 2.75) is 0 Å². The Labute approximate surface area is 171 Å². The Morgan fingerprint density at radius 1 is 1.03 bits per heavy atom. The maximum Gasteiger partial charge on any atom is 0.266 e. The first-order valence-electron chi connectivity index (χ1n) is 8.86. The van der Waals surface area contributed by atoms with Crippen LogP contribution in [0.2, 0.25) is 5.02 Å². The minimum Gasteiger partial charge on any atom is -0.497 e. The Balaban J connectivity index is 1.92. The zero-order chi connectivity index (χ0) is 20.4. The number of methoxy groups -OCH3 is 1. The molecule has 4 aromatic rings. The third kappa shape index (κ3) is 3.77. The largest absolute Gasteiger partial charge is 0.497 e. The standard InChI is InChI=1S/C23H16ClFN2O2/c1-29-17-6-4-5-15(13-17)9-12-22-26-21-8-3-2-7-18(21)23(28)27(22)16-10-11-20(25)19(24)14-16/h2-14H,1H3/b12-9+. The van der Waals surface area contributed by atoms with Crippen molar-refractivity contribution in [1.29, 1.82) is 0 Å². The number of hydrogen-bond donors (Lipinski definition) is 0. The van der Waals surface area contributed by atoms with Crippen molar-refractivity contribution in [2.75, 3.05) is 7.11 Å². The molecule has 0 amide bonds. The summed E-state index contributed by atoms with van der Waals surface area (Å²) in [6.45, 7) is 0. The van der Waals surface area contributed by atoms with E-state index in [9.17, 15) is 9.18 Å². The highest BCUT2D eigenvalue weighted by atomic mass is 35.5. The molecule has 4 nitrogen and oxygen atoms in total. The van der Waals surface area contributed by atoms with Gasteiger partial charge in [0.15, 0.2) is 0 Å². The van der Waals surface area contributed by atoms with Crippen LogP contribution in [0, 0.1) is 5.82 Å². The number of benzene rings is 3. The molecule has 4 rings (SSSR count). The quantitative estimate of drug-likeness (QED) is 0.458. The monoisotopic (exact) mass is 406 g/mol. The Morgan fingerprint density at radius 2 is 1.86 bits per heavy atom. The smallest absolute Gasteiger partial charge is 0.266 e. The van der Waals surface area contributed by atoms with E-state index in [4.69, 9.17) is 16.3 Å². The van der Waals surface area contributed by atoms with Gasteiger partial charge in [0, 0.05) is 0 Å². The summed E-state index contributed by atoms with van der Waals surface area (Å²) in [5.41, 5.74) is 1.64. The van der Waals surface area contributed by atoms with Crippen LogP contribution in [0.4, 0.5) is 4.39 Å². The van der Waals surface area contributed by atoms with Crippen molar-refractivity contribution in [3.8, 4) is 11.4 Å². The van der Waals surface area contributed by atoms with E-state index < -0.39 is 5.82 Å². The molecule has 0 aliphatic heterocycles. The van der Waals surface area contributed by atoms with E-state index in [2.05, 4.69) is 4.98 Å². The molecule has 0 saturated heterocycles. The number of para-hydroxylation sites is 1.